The number of aromatic nitrogens is 2. The molecule has 4 aromatic carbocycles. The molecule has 5 aliphatic rings. The molecule has 0 bridgehead atoms. The monoisotopic (exact) mass is 1080 g/mol. The SMILES string of the molecule is COCCOc1ccc(C(N)=O)c(-c2c(Cl)c(F)cc3c2[C@H](C)[C@@](CNC2CCC(C(=O)N4CC[C@H](CN5CCC(c6c(F)cc7c(N8CCC(=O)NC8=O)nn(C)c7c6F)CC5)[C@H](C)C4)CC2)(c2ccccc2)O3)c1F. The highest BCUT2D eigenvalue weighted by Crippen LogP contribution is 2.57. The number of piperidine rings is 2. The number of rotatable bonds is 15. The Labute approximate surface area is 449 Å². The molecule has 4 N–H and O–H groups in total. The van der Waals surface area contributed by atoms with Crippen LogP contribution in [0.3, 0.4) is 0 Å². The lowest BCUT2D eigenvalue weighted by atomic mass is 9.77. The van der Waals surface area contributed by atoms with E-state index in [-0.39, 0.29) is 118 Å². The summed E-state index contributed by atoms with van der Waals surface area (Å²) in [5, 5.41) is 10.1. The summed E-state index contributed by atoms with van der Waals surface area (Å²) in [5.41, 5.74) is 5.54. The minimum atomic E-state index is -1.12. The van der Waals surface area contributed by atoms with Crippen LogP contribution in [0.5, 0.6) is 11.5 Å². The number of anilines is 1. The number of benzene rings is 4. The zero-order chi connectivity index (χ0) is 54.4. The molecule has 0 spiro atoms. The Kier molecular flexibility index (Phi) is 15.6. The first-order valence-electron chi connectivity index (χ1n) is 26.7. The smallest absolute Gasteiger partial charge is 0.329 e. The molecule has 10 rings (SSSR count). The summed E-state index contributed by atoms with van der Waals surface area (Å²) in [6.45, 7) is 8.18. The molecule has 5 aromatic rings. The maximum absolute atomic E-state index is 16.6. The van der Waals surface area contributed by atoms with Crippen LogP contribution in [0.4, 0.5) is 28.2 Å². The fraction of sp³-hybridized carbons (Fsp3) is 0.491. The van der Waals surface area contributed by atoms with Crippen LogP contribution in [-0.4, -0.2) is 116 Å². The van der Waals surface area contributed by atoms with Gasteiger partial charge in [0, 0.05) is 99.5 Å². The van der Waals surface area contributed by atoms with Gasteiger partial charge in [-0.15, -0.1) is 0 Å². The van der Waals surface area contributed by atoms with Gasteiger partial charge in [-0.25, -0.2) is 22.4 Å². The lowest BCUT2D eigenvalue weighted by Gasteiger charge is -2.42. The van der Waals surface area contributed by atoms with Crippen LogP contribution in [0.2, 0.25) is 5.02 Å². The first kappa shape index (κ1) is 54.1. The predicted octanol–water partition coefficient (Wildman–Crippen LogP) is 8.92. The van der Waals surface area contributed by atoms with Crippen molar-refractivity contribution in [1.29, 1.82) is 0 Å². The fourth-order valence-corrected chi connectivity index (χ4v) is 13.0. The van der Waals surface area contributed by atoms with Crippen LogP contribution in [-0.2, 0) is 27.0 Å². The highest BCUT2D eigenvalue weighted by atomic mass is 35.5. The number of nitrogens with zero attached hydrogens (tertiary/aromatic N) is 5. The molecule has 3 saturated heterocycles. The van der Waals surface area contributed by atoms with E-state index >= 15 is 17.6 Å². The van der Waals surface area contributed by atoms with Crippen LogP contribution in [0.1, 0.15) is 104 Å². The van der Waals surface area contributed by atoms with E-state index in [2.05, 4.69) is 27.6 Å². The number of fused-ring (bicyclic) bond motifs is 2. The molecular weight excluding hydrogens is 1020 g/mol. The highest BCUT2D eigenvalue weighted by Gasteiger charge is 2.50. The number of imide groups is 1. The molecule has 77 heavy (non-hydrogen) atoms. The molecule has 4 fully saturated rings. The molecule has 4 atom stereocenters. The topological polar surface area (TPSA) is 174 Å². The van der Waals surface area contributed by atoms with Crippen molar-refractivity contribution < 1.29 is 51.0 Å². The van der Waals surface area contributed by atoms with Crippen molar-refractivity contribution in [2.45, 2.75) is 88.7 Å². The Balaban J connectivity index is 0.750. The number of carbonyl (C=O) groups excluding carboxylic acids is 4. The summed E-state index contributed by atoms with van der Waals surface area (Å²) in [5.74, 6) is -4.60. The normalized spacial score (nSPS) is 24.2. The first-order chi connectivity index (χ1) is 37.0. The second kappa shape index (κ2) is 22.2. The quantitative estimate of drug-likeness (QED) is 0.0679. The van der Waals surface area contributed by atoms with Gasteiger partial charge in [-0.2, -0.15) is 5.10 Å². The molecule has 20 heteroatoms. The number of hydrogen-bond donors (Lipinski definition) is 3. The Morgan fingerprint density at radius 3 is 2.32 bits per heavy atom. The van der Waals surface area contributed by atoms with Gasteiger partial charge in [0.05, 0.1) is 22.6 Å². The van der Waals surface area contributed by atoms with Gasteiger partial charge in [0.25, 0.3) is 0 Å². The lowest BCUT2D eigenvalue weighted by Crippen LogP contribution is -2.50. The third-order valence-corrected chi connectivity index (χ3v) is 17.4. The number of primary amides is 1. The van der Waals surface area contributed by atoms with Gasteiger partial charge in [0.15, 0.2) is 28.8 Å². The average Bonchev–Trinajstić information content (AvgIpc) is 3.89. The Morgan fingerprint density at radius 1 is 0.896 bits per heavy atom. The minimum absolute atomic E-state index is 0.0162. The number of nitrogens with two attached hydrogens (primary N) is 1. The number of methoxy groups -OCH3 is 1. The Bertz CT molecular complexity index is 3090. The number of urea groups is 1. The van der Waals surface area contributed by atoms with Crippen molar-refractivity contribution in [3.8, 4) is 22.6 Å². The number of carbonyl (C=O) groups is 4. The molecule has 15 nitrogen and oxygen atoms in total. The van der Waals surface area contributed by atoms with Crippen LogP contribution in [0.25, 0.3) is 22.0 Å². The van der Waals surface area contributed by atoms with Crippen molar-refractivity contribution >= 4 is 52.1 Å². The lowest BCUT2D eigenvalue weighted by molar-refractivity contribution is -0.139. The Morgan fingerprint density at radius 2 is 1.64 bits per heavy atom. The molecule has 410 valence electrons. The number of halogens is 5. The molecule has 4 aliphatic heterocycles. The van der Waals surface area contributed by atoms with E-state index in [0.29, 0.717) is 63.3 Å². The summed E-state index contributed by atoms with van der Waals surface area (Å²) >= 11 is 6.77. The summed E-state index contributed by atoms with van der Waals surface area (Å²) in [4.78, 5) is 57.0. The van der Waals surface area contributed by atoms with Gasteiger partial charge in [-0.3, -0.25) is 29.3 Å². The molecule has 5 amide bonds. The summed E-state index contributed by atoms with van der Waals surface area (Å²) in [7, 11) is 3.04. The molecule has 5 heterocycles. The van der Waals surface area contributed by atoms with Gasteiger partial charge in [0.2, 0.25) is 17.7 Å². The molecule has 0 radical (unpaired) electrons. The second-order valence-corrected chi connectivity index (χ2v) is 21.9. The van der Waals surface area contributed by atoms with Crippen molar-refractivity contribution in [2.24, 2.45) is 30.5 Å². The zero-order valence-corrected chi connectivity index (χ0v) is 44.5. The third kappa shape index (κ3) is 10.2. The summed E-state index contributed by atoms with van der Waals surface area (Å²) in [6.07, 6.45) is 4.96. The average molecular weight is 1090 g/mol. The largest absolute Gasteiger partial charge is 0.488 e. The Hall–Kier alpha value is -6.28. The summed E-state index contributed by atoms with van der Waals surface area (Å²) in [6, 6.07) is 14.0. The van der Waals surface area contributed by atoms with Gasteiger partial charge < -0.3 is 35.1 Å². The van der Waals surface area contributed by atoms with Gasteiger partial charge in [-0.1, -0.05) is 55.8 Å². The summed E-state index contributed by atoms with van der Waals surface area (Å²) < 4.78 is 83.7. The predicted molar refractivity (Wildman–Crippen MR) is 282 cm³/mol. The van der Waals surface area contributed by atoms with Crippen molar-refractivity contribution in [3.63, 3.8) is 0 Å². The molecule has 1 saturated carbocycles. The van der Waals surface area contributed by atoms with E-state index in [0.717, 1.165) is 31.4 Å². The van der Waals surface area contributed by atoms with E-state index < -0.39 is 52.6 Å². The molecule has 0 unspecified atom stereocenters. The maximum Gasteiger partial charge on any atom is 0.329 e. The first-order valence-corrected chi connectivity index (χ1v) is 27.1. The van der Waals surface area contributed by atoms with Gasteiger partial charge in [0.1, 0.15) is 29.5 Å². The van der Waals surface area contributed by atoms with E-state index in [9.17, 15) is 19.2 Å². The number of amides is 5. The van der Waals surface area contributed by atoms with Crippen LogP contribution >= 0.6 is 11.6 Å². The number of ether oxygens (including phenoxy) is 3. The van der Waals surface area contributed by atoms with Crippen LogP contribution in [0.15, 0.2) is 54.6 Å². The van der Waals surface area contributed by atoms with Crippen LogP contribution < -0.4 is 30.7 Å². The van der Waals surface area contributed by atoms with E-state index in [1.54, 1.807) is 7.05 Å². The van der Waals surface area contributed by atoms with E-state index in [1.165, 1.54) is 41.0 Å². The number of nitrogens with one attached hydrogen (secondary N) is 2. The van der Waals surface area contributed by atoms with E-state index in [4.69, 9.17) is 31.5 Å². The van der Waals surface area contributed by atoms with Crippen molar-refractivity contribution in [2.75, 3.05) is 71.0 Å². The van der Waals surface area contributed by atoms with Crippen LogP contribution in [0, 0.1) is 41.0 Å². The zero-order valence-electron chi connectivity index (χ0n) is 43.7. The molecule has 1 aromatic heterocycles. The third-order valence-electron chi connectivity index (χ3n) is 17.0. The number of aryl methyl sites for hydroxylation is 1. The van der Waals surface area contributed by atoms with Crippen molar-refractivity contribution in [3.05, 3.63) is 105 Å². The minimum Gasteiger partial charge on any atom is -0.488 e. The highest BCUT2D eigenvalue weighted by molar-refractivity contribution is 6.34. The maximum atomic E-state index is 16.6. The number of hydrogen-bond acceptors (Lipinski definition) is 10. The van der Waals surface area contributed by atoms with Crippen molar-refractivity contribution in [1.82, 2.24) is 30.2 Å². The molecule has 1 aliphatic carbocycles. The second-order valence-electron chi connectivity index (χ2n) is 21.5. The number of likely N-dealkylation sites (tertiary alicyclic amines) is 2. The van der Waals surface area contributed by atoms with Gasteiger partial charge >= 0.3 is 6.03 Å². The standard InChI is InChI=1S/C57H65ClF4N8O7/c1-31-28-69(22-18-35(31)29-68-20-16-33(17-21-68)46-40(59)26-39-52(51(46)62)67(3)66-54(39)70-23-19-44(71)65-56(70)74)55(73)34-10-12-37(13-11-34)64-30-57(36-8-6-5-7-9-36)32(2)45-43(77-57)27-41(60)49(58)48(45)47-38(53(63)72)14-15-42(50(47)61)76-25-24-75-4/h5-9,14-15,26-27,31-35,37,64H,10-13,16-25,28-30H2,1-4H3,(H2,63,72)(H,65,71,74)/t31-,32+,34?,35-,37?,57+/m1/s1. The molecular formula is C57H65ClF4N8O7. The fourth-order valence-electron chi connectivity index (χ4n) is 12.8. The van der Waals surface area contributed by atoms with Gasteiger partial charge in [-0.05, 0) is 99.6 Å². The van der Waals surface area contributed by atoms with E-state index in [1.807, 2.05) is 42.2 Å².